The van der Waals surface area contributed by atoms with Crippen LogP contribution < -0.4 is 0 Å². The van der Waals surface area contributed by atoms with Gasteiger partial charge in [0.25, 0.3) is 0 Å². The third-order valence-electron chi connectivity index (χ3n) is 0.642. The van der Waals surface area contributed by atoms with E-state index in [4.69, 9.17) is 21.9 Å². The van der Waals surface area contributed by atoms with Gasteiger partial charge in [-0.25, -0.2) is 0 Å². The molecule has 66 valence electrons. The Balaban J connectivity index is 0. The van der Waals surface area contributed by atoms with Crippen molar-refractivity contribution >= 4 is 60.1 Å². The molecule has 0 nitrogen and oxygen atoms in total. The van der Waals surface area contributed by atoms with E-state index in [0.717, 1.165) is 0 Å². The molecule has 0 aliphatic carbocycles. The van der Waals surface area contributed by atoms with Gasteiger partial charge in [0.15, 0.2) is 0 Å². The maximum absolute atomic E-state index is 5.78. The average Bonchev–Trinajstić information content (AvgIpc) is 1.84. The van der Waals surface area contributed by atoms with E-state index in [-0.39, 0.29) is 45.1 Å². The van der Waals surface area contributed by atoms with Crippen LogP contribution in [0.3, 0.4) is 0 Å². The zero-order valence-electron chi connectivity index (χ0n) is 5.01. The summed E-state index contributed by atoms with van der Waals surface area (Å²) in [7, 11) is 6.51. The van der Waals surface area contributed by atoms with Crippen molar-refractivity contribution in [3.63, 3.8) is 0 Å². The average molecular weight is 346 g/mol. The molecule has 3 atom stereocenters. The van der Waals surface area contributed by atoms with Crippen LogP contribution in [-0.2, 0) is 71.8 Å². The fraction of sp³-hybridized carbons (Fsp3) is 0.667. The van der Waals surface area contributed by atoms with Crippen molar-refractivity contribution in [1.29, 1.82) is 0 Å². The maximum atomic E-state index is 5.78. The molecule has 0 radical (unpaired) electrons. The molecule has 10 heavy (non-hydrogen) atoms. The molecular weight excluding hydrogens is 340 g/mol. The van der Waals surface area contributed by atoms with Crippen molar-refractivity contribution in [1.82, 2.24) is 0 Å². The minimum atomic E-state index is -0.351. The van der Waals surface area contributed by atoms with Gasteiger partial charge in [0.1, 0.15) is 0 Å². The molecule has 0 spiro atoms. The second-order valence-electron chi connectivity index (χ2n) is 1.24. The third kappa shape index (κ3) is 5.97. The summed E-state index contributed by atoms with van der Waals surface area (Å²) < 4.78 is 0.129. The van der Waals surface area contributed by atoms with Crippen molar-refractivity contribution in [3.8, 4) is 0 Å². The second-order valence-corrected chi connectivity index (χ2v) is 10.1. The summed E-state index contributed by atoms with van der Waals surface area (Å²) in [5.41, 5.74) is 0. The van der Waals surface area contributed by atoms with E-state index in [1.54, 1.807) is 0 Å². The van der Waals surface area contributed by atoms with Gasteiger partial charge >= 0.3 is 22.4 Å². The van der Waals surface area contributed by atoms with Crippen molar-refractivity contribution < 1.29 is 22.4 Å². The summed E-state index contributed by atoms with van der Waals surface area (Å²) in [4.78, 5) is 0. The summed E-state index contributed by atoms with van der Waals surface area (Å²) >= 11 is 9.66. The fourth-order valence-corrected chi connectivity index (χ4v) is 6.59. The molecule has 0 N–H and O–H groups in total. The van der Waals surface area contributed by atoms with Gasteiger partial charge in [-0.1, -0.05) is 15.8 Å². The minimum absolute atomic E-state index is 0. The molecule has 0 rings (SSSR count). The molecule has 0 aromatic heterocycles. The standard InChI is InChI=1S/C3H6ClS5.Ag/c1-3(8(2)6)9(4)7-5;/h3H,1H2,2H3;/q-1;+1. The first-order valence-electron chi connectivity index (χ1n) is 1.94. The van der Waals surface area contributed by atoms with Gasteiger partial charge in [-0.2, -0.15) is 0 Å². The fourth-order valence-electron chi connectivity index (χ4n) is 0.150. The Morgan fingerprint density at radius 2 is 2.10 bits per heavy atom. The smallest absolute Gasteiger partial charge is 0.319 e. The van der Waals surface area contributed by atoms with Crippen molar-refractivity contribution in [2.45, 2.75) is 4.58 Å². The van der Waals surface area contributed by atoms with Crippen molar-refractivity contribution in [3.05, 3.63) is 6.92 Å². The largest absolute Gasteiger partial charge is 1.00 e. The van der Waals surface area contributed by atoms with Gasteiger partial charge in [-0.15, -0.1) is 9.45 Å². The van der Waals surface area contributed by atoms with Gasteiger partial charge in [0.2, 0.25) is 0 Å². The zero-order chi connectivity index (χ0) is 7.44. The molecule has 7 heteroatoms. The normalized spacial score (nSPS) is 18.3. The molecule has 0 bridgehead atoms. The molecule has 0 aromatic carbocycles. The Kier molecular flexibility index (Phi) is 11.9. The van der Waals surface area contributed by atoms with Crippen LogP contribution >= 0.6 is 10.7 Å². The van der Waals surface area contributed by atoms with E-state index in [1.165, 1.54) is 8.88 Å². The molecule has 0 saturated carbocycles. The molecule has 0 aliphatic rings. The summed E-state index contributed by atoms with van der Waals surface area (Å²) in [5.74, 6) is 0. The molecule has 0 aliphatic heterocycles. The molecule has 3 unspecified atom stereocenters. The summed E-state index contributed by atoms with van der Waals surface area (Å²) in [5, 5.41) is 0. The van der Waals surface area contributed by atoms with E-state index < -0.39 is 0 Å². The number of halogens is 1. The predicted octanol–water partition coefficient (Wildman–Crippen LogP) is 1.09. The first kappa shape index (κ1) is 14.9. The Hall–Kier alpha value is 2.39. The molecule has 0 amide bonds. The summed E-state index contributed by atoms with van der Waals surface area (Å²) in [6.45, 7) is 3.81. The van der Waals surface area contributed by atoms with Crippen LogP contribution in [0.2, 0.25) is 0 Å². The van der Waals surface area contributed by atoms with Crippen LogP contribution in [0.1, 0.15) is 0 Å². The SMILES string of the molecule is [Ag+].[CH2-]C(S(C)=S)S(Cl)=S=S. The third-order valence-corrected chi connectivity index (χ3v) is 9.40. The van der Waals surface area contributed by atoms with Crippen LogP contribution in [0.15, 0.2) is 0 Å². The molecule has 0 heterocycles. The van der Waals surface area contributed by atoms with E-state index in [9.17, 15) is 0 Å². The monoisotopic (exact) mass is 344 g/mol. The minimum Gasteiger partial charge on any atom is -0.319 e. The quantitative estimate of drug-likeness (QED) is 0.417. The maximum Gasteiger partial charge on any atom is 1.00 e. The van der Waals surface area contributed by atoms with Crippen molar-refractivity contribution in [2.75, 3.05) is 6.26 Å². The van der Waals surface area contributed by atoms with E-state index in [1.807, 2.05) is 6.26 Å². The topological polar surface area (TPSA) is 0 Å². The van der Waals surface area contributed by atoms with E-state index >= 15 is 0 Å². The number of rotatable bonds is 2. The van der Waals surface area contributed by atoms with Gasteiger partial charge in [-0.05, 0) is 45.7 Å². The van der Waals surface area contributed by atoms with E-state index in [0.29, 0.717) is 0 Å². The van der Waals surface area contributed by atoms with Crippen LogP contribution in [0.4, 0.5) is 0 Å². The van der Waals surface area contributed by atoms with Gasteiger partial charge in [-0.3, -0.25) is 0 Å². The molecular formula is C3H6AgClS5. The Morgan fingerprint density at radius 3 is 2.20 bits per heavy atom. The van der Waals surface area contributed by atoms with Gasteiger partial charge < -0.3 is 6.92 Å². The molecule has 0 fully saturated rings. The Labute approximate surface area is 98.9 Å². The number of hydrogen-bond acceptors (Lipinski definition) is 2. The van der Waals surface area contributed by atoms with E-state index in [2.05, 4.69) is 18.1 Å². The second kappa shape index (κ2) is 8.01. The van der Waals surface area contributed by atoms with Crippen molar-refractivity contribution in [2.24, 2.45) is 0 Å². The van der Waals surface area contributed by atoms with Gasteiger partial charge in [0.05, 0.1) is 0 Å². The molecule has 0 aromatic rings. The number of hydrogen-bond donors (Lipinski definition) is 0. The molecule has 0 saturated heterocycles. The van der Waals surface area contributed by atoms with Crippen LogP contribution in [0.5, 0.6) is 0 Å². The van der Waals surface area contributed by atoms with Crippen LogP contribution in [0.25, 0.3) is 0 Å². The Bertz CT molecular complexity index is 174. The van der Waals surface area contributed by atoms with Gasteiger partial charge in [0, 0.05) is 0 Å². The predicted molar refractivity (Wildman–Crippen MR) is 57.7 cm³/mol. The summed E-state index contributed by atoms with van der Waals surface area (Å²) in [6.07, 6.45) is 1.95. The van der Waals surface area contributed by atoms with Crippen LogP contribution in [0, 0.1) is 6.92 Å². The Morgan fingerprint density at radius 1 is 1.70 bits per heavy atom. The van der Waals surface area contributed by atoms with Crippen LogP contribution in [-0.4, -0.2) is 10.8 Å². The first-order chi connectivity index (χ1) is 4.09. The first-order valence-corrected chi connectivity index (χ1v) is 8.94. The zero-order valence-corrected chi connectivity index (χ0v) is 11.3. The summed E-state index contributed by atoms with van der Waals surface area (Å²) in [6, 6.07) is 0.